The van der Waals surface area contributed by atoms with Gasteiger partial charge in [-0.1, -0.05) is 37.6 Å². The molecule has 2 atom stereocenters. The molecule has 0 aromatic heterocycles. The lowest BCUT2D eigenvalue weighted by atomic mass is 9.99. The Labute approximate surface area is 175 Å². The SMILES string of the molecule is CC[C@@H](C)c1ccc(NC(=O)[C@@H](C)OC(=O)c2ccc(Cl)c(S(N)(=O)=O)c2)cc1. The highest BCUT2D eigenvalue weighted by molar-refractivity contribution is 7.89. The van der Waals surface area contributed by atoms with Crippen LogP contribution in [0.2, 0.25) is 5.02 Å². The summed E-state index contributed by atoms with van der Waals surface area (Å²) in [6.45, 7) is 5.63. The van der Waals surface area contributed by atoms with E-state index in [4.69, 9.17) is 21.5 Å². The van der Waals surface area contributed by atoms with Crippen LogP contribution in [-0.2, 0) is 19.6 Å². The van der Waals surface area contributed by atoms with Crippen LogP contribution in [0.15, 0.2) is 47.4 Å². The Morgan fingerprint density at radius 1 is 1.14 bits per heavy atom. The van der Waals surface area contributed by atoms with Crippen LogP contribution >= 0.6 is 11.6 Å². The fourth-order valence-electron chi connectivity index (χ4n) is 2.51. The van der Waals surface area contributed by atoms with E-state index in [1.165, 1.54) is 24.6 Å². The maximum atomic E-state index is 12.3. The number of benzene rings is 2. The molecule has 0 heterocycles. The minimum Gasteiger partial charge on any atom is -0.449 e. The van der Waals surface area contributed by atoms with Gasteiger partial charge in [-0.05, 0) is 55.2 Å². The summed E-state index contributed by atoms with van der Waals surface area (Å²) in [6, 6.07) is 11.0. The molecule has 2 rings (SSSR count). The zero-order valence-corrected chi connectivity index (χ0v) is 17.9. The summed E-state index contributed by atoms with van der Waals surface area (Å²) < 4.78 is 28.2. The third kappa shape index (κ3) is 6.03. The van der Waals surface area contributed by atoms with Gasteiger partial charge in [0, 0.05) is 5.69 Å². The van der Waals surface area contributed by atoms with E-state index in [-0.39, 0.29) is 10.6 Å². The van der Waals surface area contributed by atoms with E-state index in [9.17, 15) is 18.0 Å². The van der Waals surface area contributed by atoms with Gasteiger partial charge in [-0.15, -0.1) is 0 Å². The molecule has 156 valence electrons. The molecule has 0 radical (unpaired) electrons. The number of sulfonamides is 1. The quantitative estimate of drug-likeness (QED) is 0.639. The number of carbonyl (C=O) groups excluding carboxylic acids is 2. The molecule has 9 heteroatoms. The van der Waals surface area contributed by atoms with Gasteiger partial charge in [0.2, 0.25) is 10.0 Å². The Morgan fingerprint density at radius 2 is 1.76 bits per heavy atom. The smallest absolute Gasteiger partial charge is 0.338 e. The molecular formula is C20H23ClN2O5S. The zero-order chi connectivity index (χ0) is 21.8. The average molecular weight is 439 g/mol. The second-order valence-corrected chi connectivity index (χ2v) is 8.60. The van der Waals surface area contributed by atoms with Gasteiger partial charge < -0.3 is 10.1 Å². The highest BCUT2D eigenvalue weighted by Gasteiger charge is 2.22. The number of hydrogen-bond acceptors (Lipinski definition) is 5. The largest absolute Gasteiger partial charge is 0.449 e. The normalized spacial score (nSPS) is 13.4. The number of halogens is 1. The number of ether oxygens (including phenoxy) is 1. The van der Waals surface area contributed by atoms with Gasteiger partial charge in [-0.3, -0.25) is 4.79 Å². The number of hydrogen-bond donors (Lipinski definition) is 2. The van der Waals surface area contributed by atoms with E-state index in [0.717, 1.165) is 12.5 Å². The first-order valence-electron chi connectivity index (χ1n) is 8.97. The van der Waals surface area contributed by atoms with E-state index < -0.39 is 32.9 Å². The first-order valence-corrected chi connectivity index (χ1v) is 10.9. The van der Waals surface area contributed by atoms with Crippen LogP contribution in [0.4, 0.5) is 5.69 Å². The van der Waals surface area contributed by atoms with Crippen LogP contribution in [0.1, 0.15) is 49.0 Å². The summed E-state index contributed by atoms with van der Waals surface area (Å²) in [5, 5.41) is 7.63. The van der Waals surface area contributed by atoms with E-state index in [1.54, 1.807) is 12.1 Å². The Bertz CT molecular complexity index is 1010. The molecule has 0 unspecified atom stereocenters. The average Bonchev–Trinajstić information content (AvgIpc) is 2.67. The van der Waals surface area contributed by atoms with Crippen LogP contribution in [0.3, 0.4) is 0 Å². The summed E-state index contributed by atoms with van der Waals surface area (Å²) in [4.78, 5) is 24.2. The molecule has 2 aromatic carbocycles. The molecule has 0 saturated heterocycles. The molecule has 0 saturated carbocycles. The van der Waals surface area contributed by atoms with E-state index in [0.29, 0.717) is 11.6 Å². The van der Waals surface area contributed by atoms with Crippen molar-refractivity contribution in [2.45, 2.75) is 44.1 Å². The topological polar surface area (TPSA) is 116 Å². The molecule has 0 aliphatic rings. The number of anilines is 1. The number of nitrogens with one attached hydrogen (secondary N) is 1. The first-order chi connectivity index (χ1) is 13.5. The predicted octanol–water partition coefficient (Wildman–Crippen LogP) is 3.68. The van der Waals surface area contributed by atoms with Gasteiger partial charge in [0.25, 0.3) is 5.91 Å². The molecule has 0 bridgehead atoms. The lowest BCUT2D eigenvalue weighted by Gasteiger charge is -2.15. The lowest BCUT2D eigenvalue weighted by molar-refractivity contribution is -0.123. The van der Waals surface area contributed by atoms with Crippen LogP contribution in [0.25, 0.3) is 0 Å². The summed E-state index contributed by atoms with van der Waals surface area (Å²) in [5.74, 6) is -0.974. The number of amides is 1. The van der Waals surface area contributed by atoms with Crippen molar-refractivity contribution in [1.82, 2.24) is 0 Å². The third-order valence-corrected chi connectivity index (χ3v) is 5.88. The maximum Gasteiger partial charge on any atom is 0.338 e. The van der Waals surface area contributed by atoms with Crippen molar-refractivity contribution >= 4 is 39.2 Å². The standard InChI is InChI=1S/C20H23ClN2O5S/c1-4-12(2)14-5-8-16(9-6-14)23-19(24)13(3)28-20(25)15-7-10-17(21)18(11-15)29(22,26)27/h5-13H,4H2,1-3H3,(H,23,24)(H2,22,26,27)/t12-,13-/m1/s1. The van der Waals surface area contributed by atoms with Gasteiger partial charge in [0.05, 0.1) is 10.6 Å². The van der Waals surface area contributed by atoms with Gasteiger partial charge >= 0.3 is 5.97 Å². The van der Waals surface area contributed by atoms with Crippen LogP contribution < -0.4 is 10.5 Å². The van der Waals surface area contributed by atoms with Gasteiger partial charge in [-0.2, -0.15) is 0 Å². The molecule has 1 amide bonds. The molecule has 2 aromatic rings. The monoisotopic (exact) mass is 438 g/mol. The predicted molar refractivity (Wildman–Crippen MR) is 111 cm³/mol. The van der Waals surface area contributed by atoms with Gasteiger partial charge in [-0.25, -0.2) is 18.4 Å². The summed E-state index contributed by atoms with van der Waals surface area (Å²) in [7, 11) is -4.11. The molecule has 7 nitrogen and oxygen atoms in total. The van der Waals surface area contributed by atoms with Gasteiger partial charge in [0.1, 0.15) is 4.90 Å². The number of nitrogens with two attached hydrogens (primary N) is 1. The molecular weight excluding hydrogens is 416 g/mol. The minimum atomic E-state index is -4.11. The molecule has 0 aliphatic heterocycles. The summed E-state index contributed by atoms with van der Waals surface area (Å²) in [5.41, 5.74) is 1.65. The molecule has 29 heavy (non-hydrogen) atoms. The molecule has 0 aliphatic carbocycles. The van der Waals surface area contributed by atoms with E-state index >= 15 is 0 Å². The maximum absolute atomic E-state index is 12.3. The Kier molecular flexibility index (Phi) is 7.40. The third-order valence-electron chi connectivity index (χ3n) is 4.49. The van der Waals surface area contributed by atoms with E-state index in [2.05, 4.69) is 19.2 Å². The lowest BCUT2D eigenvalue weighted by Crippen LogP contribution is -2.30. The van der Waals surface area contributed by atoms with Crippen molar-refractivity contribution in [3.05, 3.63) is 58.6 Å². The fraction of sp³-hybridized carbons (Fsp3) is 0.300. The number of primary sulfonamides is 1. The van der Waals surface area contributed by atoms with Crippen molar-refractivity contribution in [3.63, 3.8) is 0 Å². The van der Waals surface area contributed by atoms with Crippen molar-refractivity contribution in [2.75, 3.05) is 5.32 Å². The number of carbonyl (C=O) groups is 2. The Hall–Kier alpha value is -2.42. The molecule has 3 N–H and O–H groups in total. The highest BCUT2D eigenvalue weighted by Crippen LogP contribution is 2.23. The second kappa shape index (κ2) is 9.39. The van der Waals surface area contributed by atoms with Crippen LogP contribution in [0.5, 0.6) is 0 Å². The second-order valence-electron chi connectivity index (χ2n) is 6.66. The van der Waals surface area contributed by atoms with Crippen molar-refractivity contribution in [3.8, 4) is 0 Å². The minimum absolute atomic E-state index is 0.0871. The van der Waals surface area contributed by atoms with Crippen LogP contribution in [-0.4, -0.2) is 26.4 Å². The summed E-state index contributed by atoms with van der Waals surface area (Å²) in [6.07, 6.45) is -0.0957. The Balaban J connectivity index is 2.05. The van der Waals surface area contributed by atoms with Crippen molar-refractivity contribution in [2.24, 2.45) is 5.14 Å². The van der Waals surface area contributed by atoms with Crippen LogP contribution in [0, 0.1) is 0 Å². The van der Waals surface area contributed by atoms with Gasteiger partial charge in [0.15, 0.2) is 6.10 Å². The number of esters is 1. The fourth-order valence-corrected chi connectivity index (χ4v) is 3.58. The molecule has 0 spiro atoms. The van der Waals surface area contributed by atoms with E-state index in [1.807, 2.05) is 12.1 Å². The Morgan fingerprint density at radius 3 is 2.31 bits per heavy atom. The molecule has 0 fully saturated rings. The summed E-state index contributed by atoms with van der Waals surface area (Å²) >= 11 is 5.80. The first kappa shape index (κ1) is 22.9. The highest BCUT2D eigenvalue weighted by atomic mass is 35.5. The van der Waals surface area contributed by atoms with Crippen molar-refractivity contribution in [1.29, 1.82) is 0 Å². The van der Waals surface area contributed by atoms with Crippen molar-refractivity contribution < 1.29 is 22.7 Å². The zero-order valence-electron chi connectivity index (χ0n) is 16.3. The number of rotatable bonds is 7.